The molecule has 0 radical (unpaired) electrons. The fourth-order valence-corrected chi connectivity index (χ4v) is 4.30. The fraction of sp³-hybridized carbons (Fsp3) is 0.174. The van der Waals surface area contributed by atoms with Crippen LogP contribution in [0.2, 0.25) is 0 Å². The van der Waals surface area contributed by atoms with Gasteiger partial charge >= 0.3 is 5.97 Å². The smallest absolute Gasteiger partial charge is 0.340 e. The lowest BCUT2D eigenvalue weighted by atomic mass is 9.76. The number of fused-ring (bicyclic) bond motifs is 6. The first kappa shape index (κ1) is 16.7. The number of hydrogen-bond donors (Lipinski definition) is 2. The third-order valence-corrected chi connectivity index (χ3v) is 5.79. The Hall–Kier alpha value is -3.47. The van der Waals surface area contributed by atoms with Gasteiger partial charge in [0, 0.05) is 27.8 Å². The second-order valence-electron chi connectivity index (χ2n) is 7.35. The standard InChI is InChI=1S/C23H18O5/c1-11-10-17-21(13(3)19(11)25)27-20-12(2)18(24)9-8-16(20)23(17)15-7-5-4-6-14(15)22(26)28-23/h4-10,24-25H,1-3H3. The molecule has 2 heterocycles. The molecule has 1 spiro atoms. The van der Waals surface area contributed by atoms with Crippen LogP contribution in [-0.4, -0.2) is 16.2 Å². The number of carbonyl (C=O) groups excluding carboxylic acids is 1. The average Bonchev–Trinajstić information content (AvgIpc) is 2.98. The Labute approximate surface area is 161 Å². The van der Waals surface area contributed by atoms with Gasteiger partial charge in [0.25, 0.3) is 0 Å². The summed E-state index contributed by atoms with van der Waals surface area (Å²) in [4.78, 5) is 12.8. The molecule has 0 aliphatic carbocycles. The van der Waals surface area contributed by atoms with Gasteiger partial charge in [0.2, 0.25) is 0 Å². The van der Waals surface area contributed by atoms with Gasteiger partial charge in [0.1, 0.15) is 23.0 Å². The SMILES string of the molecule is Cc1cc2c(c(C)c1O)Oc1c(ccc(O)c1C)C21OC(=O)c2ccccc21. The molecule has 0 amide bonds. The second kappa shape index (κ2) is 5.29. The van der Waals surface area contributed by atoms with Crippen LogP contribution in [0.3, 0.4) is 0 Å². The summed E-state index contributed by atoms with van der Waals surface area (Å²) in [6, 6.07) is 12.4. The van der Waals surface area contributed by atoms with Crippen LogP contribution in [0.1, 0.15) is 43.7 Å². The van der Waals surface area contributed by atoms with Gasteiger partial charge in [0.05, 0.1) is 5.56 Å². The number of carbonyl (C=O) groups is 1. The summed E-state index contributed by atoms with van der Waals surface area (Å²) in [5.41, 5.74) is 3.10. The highest BCUT2D eigenvalue weighted by Gasteiger charge is 2.54. The lowest BCUT2D eigenvalue weighted by molar-refractivity contribution is 0.0223. The quantitative estimate of drug-likeness (QED) is 0.563. The number of phenols is 2. The van der Waals surface area contributed by atoms with Crippen molar-refractivity contribution in [3.63, 3.8) is 0 Å². The topological polar surface area (TPSA) is 76.0 Å². The zero-order valence-corrected chi connectivity index (χ0v) is 15.7. The molecule has 0 aromatic heterocycles. The number of hydrogen-bond acceptors (Lipinski definition) is 5. The van der Waals surface area contributed by atoms with Gasteiger partial charge in [-0.3, -0.25) is 0 Å². The van der Waals surface area contributed by atoms with E-state index >= 15 is 0 Å². The molecule has 0 saturated heterocycles. The summed E-state index contributed by atoms with van der Waals surface area (Å²) in [5, 5.41) is 20.7. The van der Waals surface area contributed by atoms with Crippen LogP contribution in [0.15, 0.2) is 42.5 Å². The van der Waals surface area contributed by atoms with Gasteiger partial charge in [-0.05, 0) is 50.6 Å². The largest absolute Gasteiger partial charge is 0.508 e. The minimum atomic E-state index is -1.20. The third kappa shape index (κ3) is 1.83. The highest BCUT2D eigenvalue weighted by atomic mass is 16.6. The molecule has 5 heteroatoms. The molecule has 0 saturated carbocycles. The molecule has 5 rings (SSSR count). The van der Waals surface area contributed by atoms with Crippen molar-refractivity contribution in [1.82, 2.24) is 0 Å². The van der Waals surface area contributed by atoms with E-state index in [1.54, 1.807) is 51.1 Å². The number of esters is 1. The van der Waals surface area contributed by atoms with E-state index in [-0.39, 0.29) is 11.5 Å². The van der Waals surface area contributed by atoms with E-state index in [1.807, 2.05) is 12.1 Å². The van der Waals surface area contributed by atoms with E-state index in [1.165, 1.54) is 0 Å². The molecule has 1 atom stereocenters. The van der Waals surface area contributed by atoms with E-state index in [2.05, 4.69) is 0 Å². The molecule has 0 bridgehead atoms. The van der Waals surface area contributed by atoms with Crippen LogP contribution in [0.25, 0.3) is 0 Å². The Morgan fingerprint density at radius 1 is 0.857 bits per heavy atom. The predicted octanol–water partition coefficient (Wildman–Crippen LogP) is 4.59. The van der Waals surface area contributed by atoms with E-state index in [9.17, 15) is 15.0 Å². The normalized spacial score (nSPS) is 18.9. The molecule has 0 fully saturated rings. The second-order valence-corrected chi connectivity index (χ2v) is 7.35. The van der Waals surface area contributed by atoms with Gasteiger partial charge in [-0.1, -0.05) is 18.2 Å². The number of aryl methyl sites for hydroxylation is 1. The van der Waals surface area contributed by atoms with E-state index < -0.39 is 11.6 Å². The maximum absolute atomic E-state index is 12.8. The summed E-state index contributed by atoms with van der Waals surface area (Å²) in [6.07, 6.45) is 0. The van der Waals surface area contributed by atoms with E-state index in [4.69, 9.17) is 9.47 Å². The summed E-state index contributed by atoms with van der Waals surface area (Å²) in [7, 11) is 0. The number of phenolic OH excluding ortho intramolecular Hbond substituents is 2. The molecule has 1 unspecified atom stereocenters. The molecule has 28 heavy (non-hydrogen) atoms. The van der Waals surface area contributed by atoms with Crippen LogP contribution >= 0.6 is 0 Å². The van der Waals surface area contributed by atoms with Gasteiger partial charge in [-0.15, -0.1) is 0 Å². The predicted molar refractivity (Wildman–Crippen MR) is 102 cm³/mol. The van der Waals surface area contributed by atoms with Crippen molar-refractivity contribution >= 4 is 5.97 Å². The molecular formula is C23H18O5. The summed E-state index contributed by atoms with van der Waals surface area (Å²) >= 11 is 0. The number of rotatable bonds is 0. The van der Waals surface area contributed by atoms with Crippen molar-refractivity contribution in [2.45, 2.75) is 26.4 Å². The van der Waals surface area contributed by atoms with Crippen LogP contribution in [0, 0.1) is 20.8 Å². The van der Waals surface area contributed by atoms with Gasteiger partial charge in [-0.25, -0.2) is 4.79 Å². The summed E-state index contributed by atoms with van der Waals surface area (Å²) in [6.45, 7) is 5.32. The van der Waals surface area contributed by atoms with Crippen molar-refractivity contribution in [2.75, 3.05) is 0 Å². The first-order chi connectivity index (χ1) is 13.4. The fourth-order valence-electron chi connectivity index (χ4n) is 4.30. The van der Waals surface area contributed by atoms with Gasteiger partial charge in [0.15, 0.2) is 5.60 Å². The molecule has 140 valence electrons. The summed E-state index contributed by atoms with van der Waals surface area (Å²) in [5.74, 6) is 0.678. The minimum absolute atomic E-state index is 0.0870. The lowest BCUT2D eigenvalue weighted by Gasteiger charge is -2.38. The Morgan fingerprint density at radius 2 is 1.57 bits per heavy atom. The first-order valence-corrected chi connectivity index (χ1v) is 9.03. The van der Waals surface area contributed by atoms with Crippen LogP contribution in [0.4, 0.5) is 0 Å². The third-order valence-electron chi connectivity index (χ3n) is 5.79. The number of aromatic hydroxyl groups is 2. The zero-order chi connectivity index (χ0) is 19.8. The lowest BCUT2D eigenvalue weighted by Crippen LogP contribution is -2.33. The van der Waals surface area contributed by atoms with Crippen molar-refractivity contribution in [1.29, 1.82) is 0 Å². The Kier molecular flexibility index (Phi) is 3.15. The molecule has 3 aromatic carbocycles. The van der Waals surface area contributed by atoms with Crippen molar-refractivity contribution in [3.05, 3.63) is 81.4 Å². The van der Waals surface area contributed by atoms with Crippen molar-refractivity contribution in [3.8, 4) is 23.0 Å². The molecule has 2 N–H and O–H groups in total. The van der Waals surface area contributed by atoms with E-state index in [0.29, 0.717) is 44.9 Å². The minimum Gasteiger partial charge on any atom is -0.508 e. The van der Waals surface area contributed by atoms with E-state index in [0.717, 1.165) is 5.56 Å². The van der Waals surface area contributed by atoms with Crippen LogP contribution in [-0.2, 0) is 10.3 Å². The monoisotopic (exact) mass is 374 g/mol. The maximum Gasteiger partial charge on any atom is 0.340 e. The Balaban J connectivity index is 1.97. The Morgan fingerprint density at radius 3 is 2.36 bits per heavy atom. The van der Waals surface area contributed by atoms with Gasteiger partial charge < -0.3 is 19.7 Å². The first-order valence-electron chi connectivity index (χ1n) is 9.03. The number of ether oxygens (including phenoxy) is 2. The van der Waals surface area contributed by atoms with Crippen molar-refractivity contribution < 1.29 is 24.5 Å². The number of benzene rings is 3. The van der Waals surface area contributed by atoms with Crippen molar-refractivity contribution in [2.24, 2.45) is 0 Å². The van der Waals surface area contributed by atoms with Gasteiger partial charge in [-0.2, -0.15) is 0 Å². The summed E-state index contributed by atoms with van der Waals surface area (Å²) < 4.78 is 12.3. The van der Waals surface area contributed by atoms with Crippen LogP contribution in [0.5, 0.6) is 23.0 Å². The Bertz CT molecular complexity index is 1190. The maximum atomic E-state index is 12.8. The molecule has 3 aromatic rings. The molecular weight excluding hydrogens is 356 g/mol. The molecule has 2 aliphatic rings. The highest BCUT2D eigenvalue weighted by Crippen LogP contribution is 2.59. The molecule has 2 aliphatic heterocycles. The molecule has 5 nitrogen and oxygen atoms in total. The average molecular weight is 374 g/mol. The zero-order valence-electron chi connectivity index (χ0n) is 15.7. The van der Waals surface area contributed by atoms with Crippen LogP contribution < -0.4 is 4.74 Å². The highest BCUT2D eigenvalue weighted by molar-refractivity contribution is 5.97.